The molecule has 8 heteroatoms. The number of anilines is 2. The lowest BCUT2D eigenvalue weighted by atomic mass is 10.2. The third-order valence-electron chi connectivity index (χ3n) is 3.06. The Morgan fingerprint density at radius 3 is 2.87 bits per heavy atom. The van der Waals surface area contributed by atoms with Crippen LogP contribution >= 0.6 is 22.9 Å². The summed E-state index contributed by atoms with van der Waals surface area (Å²) in [5.74, 6) is 0.172. The fourth-order valence-electron chi connectivity index (χ4n) is 2.08. The van der Waals surface area contributed by atoms with Crippen LogP contribution in [0.1, 0.15) is 22.3 Å². The van der Waals surface area contributed by atoms with Crippen LogP contribution in [0.2, 0.25) is 5.28 Å². The number of nitrogens with one attached hydrogen (secondary N) is 1. The number of esters is 1. The van der Waals surface area contributed by atoms with Crippen molar-refractivity contribution in [3.63, 3.8) is 0 Å². The van der Waals surface area contributed by atoms with Crippen LogP contribution in [-0.4, -0.2) is 27.5 Å². The van der Waals surface area contributed by atoms with E-state index in [9.17, 15) is 4.79 Å². The molecule has 3 aromatic rings. The highest BCUT2D eigenvalue weighted by Gasteiger charge is 2.17. The van der Waals surface area contributed by atoms with E-state index in [1.54, 1.807) is 13.8 Å². The molecule has 1 N–H and O–H groups in total. The van der Waals surface area contributed by atoms with Gasteiger partial charge in [-0.25, -0.2) is 14.8 Å². The summed E-state index contributed by atoms with van der Waals surface area (Å²) in [6.07, 6.45) is 0. The third kappa shape index (κ3) is 3.25. The monoisotopic (exact) mass is 348 g/mol. The van der Waals surface area contributed by atoms with E-state index in [1.807, 2.05) is 24.3 Å². The van der Waals surface area contributed by atoms with E-state index in [2.05, 4.69) is 20.3 Å². The van der Waals surface area contributed by atoms with Crippen molar-refractivity contribution >= 4 is 50.8 Å². The zero-order valence-corrected chi connectivity index (χ0v) is 14.0. The van der Waals surface area contributed by atoms with Gasteiger partial charge in [0.25, 0.3) is 0 Å². The van der Waals surface area contributed by atoms with Gasteiger partial charge in [-0.3, -0.25) is 0 Å². The number of hydrogen-bond donors (Lipinski definition) is 1. The summed E-state index contributed by atoms with van der Waals surface area (Å²) in [6.45, 7) is 3.85. The lowest BCUT2D eigenvalue weighted by Crippen LogP contribution is -2.03. The highest BCUT2D eigenvalue weighted by atomic mass is 35.5. The van der Waals surface area contributed by atoms with Crippen LogP contribution in [0.15, 0.2) is 24.3 Å². The molecule has 0 unspecified atom stereocenters. The molecule has 0 radical (unpaired) electrons. The van der Waals surface area contributed by atoms with Gasteiger partial charge in [0.05, 0.1) is 17.8 Å². The molecule has 1 aromatic carbocycles. The number of ether oxygens (including phenoxy) is 1. The Morgan fingerprint density at radius 1 is 1.30 bits per heavy atom. The molecule has 0 saturated heterocycles. The van der Waals surface area contributed by atoms with Crippen molar-refractivity contribution < 1.29 is 9.53 Å². The molecule has 2 heterocycles. The van der Waals surface area contributed by atoms with Gasteiger partial charge in [-0.05, 0) is 37.6 Å². The predicted octanol–water partition coefficient (Wildman–Crippen LogP) is 3.97. The standard InChI is InChI=1S/C15H13ClN4O2S/c1-3-22-13(21)11-8(2)17-15(23-11)20-12-9-6-4-5-7-10(9)18-14(16)19-12/h4-7H,3H2,1-2H3,(H,17,18,19,20). The van der Waals surface area contributed by atoms with Crippen molar-refractivity contribution in [3.8, 4) is 0 Å². The van der Waals surface area contributed by atoms with Crippen molar-refractivity contribution in [2.75, 3.05) is 11.9 Å². The van der Waals surface area contributed by atoms with Gasteiger partial charge >= 0.3 is 5.97 Å². The molecule has 0 bridgehead atoms. The Hall–Kier alpha value is -2.25. The average Bonchev–Trinajstić information content (AvgIpc) is 2.88. The quantitative estimate of drug-likeness (QED) is 0.568. The molecule has 3 rings (SSSR count). The van der Waals surface area contributed by atoms with Crippen LogP contribution in [-0.2, 0) is 4.74 Å². The van der Waals surface area contributed by atoms with Gasteiger partial charge in [-0.2, -0.15) is 4.98 Å². The number of para-hydroxylation sites is 1. The molecule has 0 spiro atoms. The van der Waals surface area contributed by atoms with E-state index in [1.165, 1.54) is 11.3 Å². The van der Waals surface area contributed by atoms with Crippen molar-refractivity contribution in [1.29, 1.82) is 0 Å². The van der Waals surface area contributed by atoms with Gasteiger partial charge in [0.1, 0.15) is 10.7 Å². The van der Waals surface area contributed by atoms with Crippen LogP contribution in [0, 0.1) is 6.92 Å². The van der Waals surface area contributed by atoms with Gasteiger partial charge in [0, 0.05) is 5.39 Å². The van der Waals surface area contributed by atoms with E-state index in [0.717, 1.165) is 10.9 Å². The molecule has 0 atom stereocenters. The zero-order chi connectivity index (χ0) is 16.4. The van der Waals surface area contributed by atoms with Gasteiger partial charge in [-0.1, -0.05) is 23.5 Å². The zero-order valence-electron chi connectivity index (χ0n) is 12.5. The van der Waals surface area contributed by atoms with E-state index < -0.39 is 0 Å². The molecule has 2 aromatic heterocycles. The van der Waals surface area contributed by atoms with E-state index in [4.69, 9.17) is 16.3 Å². The second kappa shape index (κ2) is 6.47. The Labute approximate surface area is 141 Å². The van der Waals surface area contributed by atoms with Gasteiger partial charge in [0.2, 0.25) is 5.28 Å². The van der Waals surface area contributed by atoms with Gasteiger partial charge in [0.15, 0.2) is 5.13 Å². The first kappa shape index (κ1) is 15.6. The lowest BCUT2D eigenvalue weighted by Gasteiger charge is -2.06. The van der Waals surface area contributed by atoms with Crippen LogP contribution in [0.5, 0.6) is 0 Å². The number of halogens is 1. The van der Waals surface area contributed by atoms with Crippen LogP contribution < -0.4 is 5.32 Å². The fourth-order valence-corrected chi connectivity index (χ4v) is 3.12. The molecular formula is C15H13ClN4O2S. The van der Waals surface area contributed by atoms with E-state index in [-0.39, 0.29) is 11.3 Å². The number of hydrogen-bond acceptors (Lipinski definition) is 7. The van der Waals surface area contributed by atoms with Crippen molar-refractivity contribution in [2.24, 2.45) is 0 Å². The largest absolute Gasteiger partial charge is 0.462 e. The summed E-state index contributed by atoms with van der Waals surface area (Å²) in [5.41, 5.74) is 1.34. The average molecular weight is 349 g/mol. The van der Waals surface area contributed by atoms with Crippen molar-refractivity contribution in [1.82, 2.24) is 15.0 Å². The SMILES string of the molecule is CCOC(=O)c1sc(Nc2nc(Cl)nc3ccccc23)nc1C. The molecule has 0 amide bonds. The number of aromatic nitrogens is 3. The smallest absolute Gasteiger partial charge is 0.350 e. The normalized spacial score (nSPS) is 10.7. The van der Waals surface area contributed by atoms with Gasteiger partial charge < -0.3 is 10.1 Å². The second-order valence-corrected chi connectivity index (χ2v) is 5.97. The maximum Gasteiger partial charge on any atom is 0.350 e. The summed E-state index contributed by atoms with van der Waals surface area (Å²) in [7, 11) is 0. The fraction of sp³-hybridized carbons (Fsp3) is 0.200. The lowest BCUT2D eigenvalue weighted by molar-refractivity contribution is 0.0531. The van der Waals surface area contributed by atoms with Crippen LogP contribution in [0.25, 0.3) is 10.9 Å². The summed E-state index contributed by atoms with van der Waals surface area (Å²) in [5, 5.41) is 4.62. The molecule has 0 aliphatic heterocycles. The Morgan fingerprint density at radius 2 is 2.09 bits per heavy atom. The molecular weight excluding hydrogens is 336 g/mol. The molecule has 0 saturated carbocycles. The van der Waals surface area contributed by atoms with Gasteiger partial charge in [-0.15, -0.1) is 0 Å². The summed E-state index contributed by atoms with van der Waals surface area (Å²) in [6, 6.07) is 7.51. The molecule has 0 aliphatic carbocycles. The topological polar surface area (TPSA) is 77.0 Å². The molecule has 118 valence electrons. The molecule has 6 nitrogen and oxygen atoms in total. The number of carbonyl (C=O) groups is 1. The summed E-state index contributed by atoms with van der Waals surface area (Å²) in [4.78, 5) is 25.1. The Kier molecular flexibility index (Phi) is 4.40. The van der Waals surface area contributed by atoms with Crippen molar-refractivity contribution in [2.45, 2.75) is 13.8 Å². The first-order valence-corrected chi connectivity index (χ1v) is 8.11. The number of rotatable bonds is 4. The predicted molar refractivity (Wildman–Crippen MR) is 90.6 cm³/mol. The molecule has 23 heavy (non-hydrogen) atoms. The number of thiazole rings is 1. The second-order valence-electron chi connectivity index (χ2n) is 4.64. The highest BCUT2D eigenvalue weighted by Crippen LogP contribution is 2.29. The maximum atomic E-state index is 11.9. The maximum absolute atomic E-state index is 11.9. The molecule has 0 fully saturated rings. The first-order valence-electron chi connectivity index (χ1n) is 6.92. The van der Waals surface area contributed by atoms with Crippen LogP contribution in [0.4, 0.5) is 10.9 Å². The number of nitrogens with zero attached hydrogens (tertiary/aromatic N) is 3. The minimum Gasteiger partial charge on any atom is -0.462 e. The number of aryl methyl sites for hydroxylation is 1. The summed E-state index contributed by atoms with van der Waals surface area (Å²) >= 11 is 7.18. The third-order valence-corrected chi connectivity index (χ3v) is 4.28. The highest BCUT2D eigenvalue weighted by molar-refractivity contribution is 7.17. The van der Waals surface area contributed by atoms with E-state index >= 15 is 0 Å². The minimum atomic E-state index is -0.374. The molecule has 0 aliphatic rings. The van der Waals surface area contributed by atoms with Crippen molar-refractivity contribution in [3.05, 3.63) is 40.1 Å². The Bertz CT molecular complexity index is 881. The minimum absolute atomic E-state index is 0.144. The first-order chi connectivity index (χ1) is 11.1. The van der Waals surface area contributed by atoms with E-state index in [0.29, 0.717) is 28.1 Å². The Balaban J connectivity index is 1.97. The number of fused-ring (bicyclic) bond motifs is 1. The van der Waals surface area contributed by atoms with Crippen LogP contribution in [0.3, 0.4) is 0 Å². The number of carbonyl (C=O) groups excluding carboxylic acids is 1. The summed E-state index contributed by atoms with van der Waals surface area (Å²) < 4.78 is 5.02. The number of benzene rings is 1.